The van der Waals surface area contributed by atoms with Gasteiger partial charge < -0.3 is 4.90 Å². The minimum Gasteiger partial charge on any atom is -0.339 e. The lowest BCUT2D eigenvalue weighted by atomic mass is 10.2. The van der Waals surface area contributed by atoms with Gasteiger partial charge in [0.15, 0.2) is 0 Å². The van der Waals surface area contributed by atoms with E-state index < -0.39 is 10.0 Å². The van der Waals surface area contributed by atoms with Crippen molar-refractivity contribution in [3.63, 3.8) is 0 Å². The Morgan fingerprint density at radius 2 is 1.94 bits per heavy atom. The Morgan fingerprint density at radius 3 is 2.55 bits per heavy atom. The number of carbonyl (C=O) groups excluding carboxylic acids is 1. The number of rotatable bonds is 8. The summed E-state index contributed by atoms with van der Waals surface area (Å²) in [6.45, 7) is 6.11. The minimum atomic E-state index is -3.79. The quantitative estimate of drug-likeness (QED) is 0.545. The number of nitrogens with zero attached hydrogens (tertiary/aromatic N) is 4. The molecule has 0 N–H and O–H groups in total. The fourth-order valence-corrected chi connectivity index (χ4v) is 6.11. The number of benzene rings is 1. The van der Waals surface area contributed by atoms with E-state index in [0.717, 1.165) is 4.88 Å². The van der Waals surface area contributed by atoms with Gasteiger partial charge in [0.1, 0.15) is 6.07 Å². The molecule has 0 atom stereocenters. The Morgan fingerprint density at radius 1 is 1.23 bits per heavy atom. The molecule has 31 heavy (non-hydrogen) atoms. The number of nitriles is 1. The summed E-state index contributed by atoms with van der Waals surface area (Å²) in [7, 11) is -3.79. The van der Waals surface area contributed by atoms with E-state index in [9.17, 15) is 18.5 Å². The summed E-state index contributed by atoms with van der Waals surface area (Å²) >= 11 is 7.47. The van der Waals surface area contributed by atoms with E-state index in [2.05, 4.69) is 6.58 Å². The third kappa shape index (κ3) is 5.73. The average molecular weight is 479 g/mol. The second kappa shape index (κ2) is 10.4. The van der Waals surface area contributed by atoms with E-state index in [-0.39, 0.29) is 36.0 Å². The van der Waals surface area contributed by atoms with Gasteiger partial charge in [-0.25, -0.2) is 8.42 Å². The number of carbonyl (C=O) groups is 1. The van der Waals surface area contributed by atoms with E-state index in [1.54, 1.807) is 23.1 Å². The molecule has 164 valence electrons. The molecule has 0 saturated carbocycles. The first-order valence-electron chi connectivity index (χ1n) is 9.69. The third-order valence-electron chi connectivity index (χ3n) is 4.97. The first kappa shape index (κ1) is 23.4. The zero-order chi connectivity index (χ0) is 22.4. The molecule has 7 nitrogen and oxygen atoms in total. The van der Waals surface area contributed by atoms with Gasteiger partial charge in [-0.3, -0.25) is 9.69 Å². The van der Waals surface area contributed by atoms with Crippen LogP contribution in [0.2, 0.25) is 4.34 Å². The van der Waals surface area contributed by atoms with Gasteiger partial charge in [-0.05, 0) is 24.3 Å². The Kier molecular flexibility index (Phi) is 7.86. The van der Waals surface area contributed by atoms with Crippen LogP contribution in [-0.2, 0) is 21.4 Å². The van der Waals surface area contributed by atoms with Crippen LogP contribution in [0.15, 0.2) is 53.9 Å². The lowest BCUT2D eigenvalue weighted by molar-refractivity contribution is -0.133. The van der Waals surface area contributed by atoms with Crippen molar-refractivity contribution in [3.05, 3.63) is 63.8 Å². The van der Waals surface area contributed by atoms with E-state index in [1.807, 2.05) is 23.1 Å². The Balaban J connectivity index is 1.61. The summed E-state index contributed by atoms with van der Waals surface area (Å²) in [4.78, 5) is 17.5. The molecule has 10 heteroatoms. The predicted octanol–water partition coefficient (Wildman–Crippen LogP) is 2.79. The van der Waals surface area contributed by atoms with Gasteiger partial charge in [0.05, 0.1) is 21.3 Å². The summed E-state index contributed by atoms with van der Waals surface area (Å²) < 4.78 is 27.9. The molecule has 1 saturated heterocycles. The lowest BCUT2D eigenvalue weighted by Gasteiger charge is -2.35. The first-order chi connectivity index (χ1) is 14.8. The standard InChI is InChI=1S/C21H23ClN4O3S2/c1-2-9-24(15-18-7-8-20(22)30-18)16-21(27)25-10-12-26(13-11-25)31(28,29)19-6-4-3-5-17(19)14-23/h2-8H,1,9-13,15-16H2. The number of hydrogen-bond acceptors (Lipinski definition) is 6. The van der Waals surface area contributed by atoms with Crippen molar-refractivity contribution < 1.29 is 13.2 Å². The molecule has 1 aromatic carbocycles. The summed E-state index contributed by atoms with van der Waals surface area (Å²) in [6, 6.07) is 11.9. The first-order valence-corrected chi connectivity index (χ1v) is 12.3. The third-order valence-corrected chi connectivity index (χ3v) is 8.14. The van der Waals surface area contributed by atoms with Crippen molar-refractivity contribution in [2.45, 2.75) is 11.4 Å². The second-order valence-corrected chi connectivity index (χ2v) is 10.8. The second-order valence-electron chi connectivity index (χ2n) is 7.06. The van der Waals surface area contributed by atoms with Gasteiger partial charge in [0, 0.05) is 44.1 Å². The van der Waals surface area contributed by atoms with Crippen LogP contribution in [0, 0.1) is 11.3 Å². The molecule has 1 aromatic heterocycles. The number of halogens is 1. The maximum absolute atomic E-state index is 13.0. The van der Waals surface area contributed by atoms with Gasteiger partial charge in [0.25, 0.3) is 0 Å². The molecule has 3 rings (SSSR count). The van der Waals surface area contributed by atoms with Crippen molar-refractivity contribution in [1.29, 1.82) is 5.26 Å². The van der Waals surface area contributed by atoms with Crippen LogP contribution in [0.1, 0.15) is 10.4 Å². The molecule has 0 unspecified atom stereocenters. The van der Waals surface area contributed by atoms with Crippen LogP contribution < -0.4 is 0 Å². The van der Waals surface area contributed by atoms with Crippen molar-refractivity contribution in [3.8, 4) is 6.07 Å². The highest BCUT2D eigenvalue weighted by molar-refractivity contribution is 7.89. The number of sulfonamides is 1. The Bertz CT molecular complexity index is 1090. The fourth-order valence-electron chi connectivity index (χ4n) is 3.42. The van der Waals surface area contributed by atoms with Crippen LogP contribution in [0.4, 0.5) is 0 Å². The highest BCUT2D eigenvalue weighted by Crippen LogP contribution is 2.23. The van der Waals surface area contributed by atoms with Crippen molar-refractivity contribution in [2.24, 2.45) is 0 Å². The molecule has 0 radical (unpaired) electrons. The van der Waals surface area contributed by atoms with Gasteiger partial charge >= 0.3 is 0 Å². The predicted molar refractivity (Wildman–Crippen MR) is 121 cm³/mol. The lowest BCUT2D eigenvalue weighted by Crippen LogP contribution is -2.52. The SMILES string of the molecule is C=CCN(CC(=O)N1CCN(S(=O)(=O)c2ccccc2C#N)CC1)Cc1ccc(Cl)s1. The molecular weight excluding hydrogens is 456 g/mol. The number of hydrogen-bond donors (Lipinski definition) is 0. The summed E-state index contributed by atoms with van der Waals surface area (Å²) in [5.74, 6) is -0.0565. The van der Waals surface area contributed by atoms with Crippen LogP contribution >= 0.6 is 22.9 Å². The number of thiophene rings is 1. The molecule has 2 aromatic rings. The van der Waals surface area contributed by atoms with E-state index >= 15 is 0 Å². The molecule has 1 fully saturated rings. The van der Waals surface area contributed by atoms with E-state index in [1.165, 1.54) is 27.8 Å². The zero-order valence-corrected chi connectivity index (χ0v) is 19.3. The highest BCUT2D eigenvalue weighted by Gasteiger charge is 2.31. The molecule has 0 bridgehead atoms. The molecule has 1 aliphatic rings. The van der Waals surface area contributed by atoms with E-state index in [0.29, 0.717) is 30.5 Å². The maximum Gasteiger partial charge on any atom is 0.244 e. The van der Waals surface area contributed by atoms with Crippen LogP contribution in [0.3, 0.4) is 0 Å². The smallest absolute Gasteiger partial charge is 0.244 e. The van der Waals surface area contributed by atoms with Gasteiger partial charge in [-0.2, -0.15) is 9.57 Å². The summed E-state index contributed by atoms with van der Waals surface area (Å²) in [5, 5.41) is 9.23. The molecule has 1 amide bonds. The number of piperazine rings is 1. The monoisotopic (exact) mass is 478 g/mol. The molecule has 1 aliphatic heterocycles. The Hall–Kier alpha value is -2.22. The van der Waals surface area contributed by atoms with Crippen molar-refractivity contribution in [2.75, 3.05) is 39.3 Å². The minimum absolute atomic E-state index is 0.00374. The van der Waals surface area contributed by atoms with Crippen molar-refractivity contribution >= 4 is 38.9 Å². The van der Waals surface area contributed by atoms with Crippen LogP contribution in [0.5, 0.6) is 0 Å². The van der Waals surface area contributed by atoms with Crippen LogP contribution in [0.25, 0.3) is 0 Å². The fraction of sp³-hybridized carbons (Fsp3) is 0.333. The van der Waals surface area contributed by atoms with E-state index in [4.69, 9.17) is 11.6 Å². The maximum atomic E-state index is 13.0. The largest absolute Gasteiger partial charge is 0.339 e. The topological polar surface area (TPSA) is 84.7 Å². The Labute approximate surface area is 191 Å². The average Bonchev–Trinajstić information content (AvgIpc) is 3.18. The molecule has 0 spiro atoms. The van der Waals surface area contributed by atoms with Gasteiger partial charge in [0.2, 0.25) is 15.9 Å². The summed E-state index contributed by atoms with van der Waals surface area (Å²) in [5.41, 5.74) is 0.120. The molecule has 2 heterocycles. The van der Waals surface area contributed by atoms with Crippen molar-refractivity contribution in [1.82, 2.24) is 14.1 Å². The zero-order valence-electron chi connectivity index (χ0n) is 16.9. The molecule has 0 aliphatic carbocycles. The summed E-state index contributed by atoms with van der Waals surface area (Å²) in [6.07, 6.45) is 1.75. The van der Waals surface area contributed by atoms with Gasteiger partial charge in [-0.1, -0.05) is 29.8 Å². The highest BCUT2D eigenvalue weighted by atomic mass is 35.5. The normalized spacial score (nSPS) is 15.1. The molecular formula is C21H23ClN4O3S2. The van der Waals surface area contributed by atoms with Crippen LogP contribution in [-0.4, -0.2) is 67.7 Å². The number of amides is 1. The van der Waals surface area contributed by atoms with Gasteiger partial charge in [-0.15, -0.1) is 17.9 Å².